The molecule has 4 heteroatoms. The zero-order chi connectivity index (χ0) is 14.3. The molecule has 102 valence electrons. The third-order valence-corrected chi connectivity index (χ3v) is 4.98. The molecule has 20 heavy (non-hydrogen) atoms. The number of rotatable bonds is 1. The van der Waals surface area contributed by atoms with Crippen molar-refractivity contribution in [2.24, 2.45) is 0 Å². The second-order valence-electron chi connectivity index (χ2n) is 4.83. The Balaban J connectivity index is 2.11. The minimum atomic E-state index is -0.244. The maximum absolute atomic E-state index is 13.4. The van der Waals surface area contributed by atoms with E-state index in [0.717, 1.165) is 20.9 Å². The van der Waals surface area contributed by atoms with Crippen molar-refractivity contribution in [1.82, 2.24) is 0 Å². The largest absolute Gasteiger partial charge is 0.295 e. The van der Waals surface area contributed by atoms with E-state index in [1.807, 2.05) is 12.1 Å². The molecule has 1 heterocycles. The van der Waals surface area contributed by atoms with Gasteiger partial charge in [0.15, 0.2) is 5.78 Å². The molecule has 0 amide bonds. The van der Waals surface area contributed by atoms with Crippen LogP contribution in [-0.2, 0) is 6.42 Å². The summed E-state index contributed by atoms with van der Waals surface area (Å²) in [5.41, 5.74) is 2.64. The molecule has 0 N–H and O–H groups in total. The third kappa shape index (κ3) is 2.48. The van der Waals surface area contributed by atoms with Crippen molar-refractivity contribution in [3.63, 3.8) is 0 Å². The zero-order valence-electron chi connectivity index (χ0n) is 10.8. The lowest BCUT2D eigenvalue weighted by molar-refractivity contribution is 0.101. The highest BCUT2D eigenvalue weighted by Crippen LogP contribution is 2.43. The van der Waals surface area contributed by atoms with Gasteiger partial charge in [0, 0.05) is 15.4 Å². The van der Waals surface area contributed by atoms with Crippen LogP contribution in [0.2, 0.25) is 0 Å². The molecule has 0 radical (unpaired) electrons. The third-order valence-electron chi connectivity index (χ3n) is 3.40. The number of benzene rings is 2. The van der Waals surface area contributed by atoms with E-state index in [0.29, 0.717) is 12.0 Å². The lowest BCUT2D eigenvalue weighted by Gasteiger charge is -2.11. The smallest absolute Gasteiger partial charge is 0.159 e. The van der Waals surface area contributed by atoms with E-state index in [1.165, 1.54) is 23.9 Å². The van der Waals surface area contributed by atoms with Gasteiger partial charge in [-0.05, 0) is 48.7 Å². The van der Waals surface area contributed by atoms with Gasteiger partial charge in [-0.3, -0.25) is 4.79 Å². The van der Waals surface area contributed by atoms with Crippen LogP contribution in [0.4, 0.5) is 4.39 Å². The second kappa shape index (κ2) is 5.23. The Labute approximate surface area is 126 Å². The Morgan fingerprint density at radius 2 is 2.05 bits per heavy atom. The van der Waals surface area contributed by atoms with Gasteiger partial charge in [0.25, 0.3) is 0 Å². The van der Waals surface area contributed by atoms with E-state index >= 15 is 0 Å². The Morgan fingerprint density at radius 3 is 2.80 bits per heavy atom. The van der Waals surface area contributed by atoms with Crippen molar-refractivity contribution in [1.29, 1.82) is 0 Å². The van der Waals surface area contributed by atoms with Crippen molar-refractivity contribution in [3.8, 4) is 0 Å². The molecule has 2 aromatic carbocycles. The molecule has 0 spiro atoms. The maximum atomic E-state index is 13.4. The van der Waals surface area contributed by atoms with E-state index in [9.17, 15) is 9.18 Å². The lowest BCUT2D eigenvalue weighted by Crippen LogP contribution is -1.99. The van der Waals surface area contributed by atoms with Crippen molar-refractivity contribution < 1.29 is 9.18 Å². The van der Waals surface area contributed by atoms with Crippen LogP contribution in [-0.4, -0.2) is 5.78 Å². The quantitative estimate of drug-likeness (QED) is 0.544. The van der Waals surface area contributed by atoms with Gasteiger partial charge in [0.2, 0.25) is 0 Å². The fraction of sp³-hybridized carbons (Fsp3) is 0.188. The van der Waals surface area contributed by atoms with Gasteiger partial charge >= 0.3 is 0 Å². The molecule has 1 unspecified atom stereocenters. The summed E-state index contributed by atoms with van der Waals surface area (Å²) in [6.45, 7) is 1.54. The Hall–Kier alpha value is -1.32. The summed E-state index contributed by atoms with van der Waals surface area (Å²) in [5, 5.41) is -0.205. The summed E-state index contributed by atoms with van der Waals surface area (Å²) in [6.07, 6.45) is 0.637. The SMILES string of the molecule is CC(=O)c1ccc2c(c1)C(Cl)Cc1ccc(F)cc1S2. The van der Waals surface area contributed by atoms with E-state index < -0.39 is 0 Å². The van der Waals surface area contributed by atoms with Crippen LogP contribution in [0.1, 0.15) is 33.8 Å². The molecule has 1 atom stereocenters. The van der Waals surface area contributed by atoms with Gasteiger partial charge in [-0.2, -0.15) is 0 Å². The molecule has 0 bridgehead atoms. The van der Waals surface area contributed by atoms with Crippen LogP contribution in [0.5, 0.6) is 0 Å². The van der Waals surface area contributed by atoms with Gasteiger partial charge in [-0.15, -0.1) is 11.6 Å². The minimum absolute atomic E-state index is 0.0227. The van der Waals surface area contributed by atoms with Crippen LogP contribution < -0.4 is 0 Å². The average Bonchev–Trinajstić information content (AvgIpc) is 2.54. The van der Waals surface area contributed by atoms with Crippen LogP contribution in [0, 0.1) is 5.82 Å². The summed E-state index contributed by atoms with van der Waals surface area (Å²) in [7, 11) is 0. The first-order valence-electron chi connectivity index (χ1n) is 6.30. The molecule has 3 rings (SSSR count). The number of ketones is 1. The topological polar surface area (TPSA) is 17.1 Å². The molecule has 0 saturated carbocycles. The monoisotopic (exact) mass is 306 g/mol. The number of hydrogen-bond donors (Lipinski definition) is 0. The lowest BCUT2D eigenvalue weighted by atomic mass is 10.0. The summed E-state index contributed by atoms with van der Waals surface area (Å²) in [5.74, 6) is -0.222. The van der Waals surface area contributed by atoms with Crippen LogP contribution >= 0.6 is 23.4 Å². The predicted molar refractivity (Wildman–Crippen MR) is 79.3 cm³/mol. The first kappa shape index (κ1) is 13.7. The highest BCUT2D eigenvalue weighted by Gasteiger charge is 2.22. The van der Waals surface area contributed by atoms with Gasteiger partial charge in [0.05, 0.1) is 5.38 Å². The molecule has 2 aromatic rings. The van der Waals surface area contributed by atoms with Gasteiger partial charge in [-0.25, -0.2) is 4.39 Å². The van der Waals surface area contributed by atoms with Crippen molar-refractivity contribution in [2.75, 3.05) is 0 Å². The van der Waals surface area contributed by atoms with Crippen molar-refractivity contribution in [2.45, 2.75) is 28.5 Å². The fourth-order valence-corrected chi connectivity index (χ4v) is 3.88. The summed E-state index contributed by atoms with van der Waals surface area (Å²) >= 11 is 7.98. The number of halogens is 2. The maximum Gasteiger partial charge on any atom is 0.159 e. The Kier molecular flexibility index (Phi) is 3.57. The fourth-order valence-electron chi connectivity index (χ4n) is 2.32. The number of carbonyl (C=O) groups excluding carboxylic acids is 1. The van der Waals surface area contributed by atoms with E-state index in [4.69, 9.17) is 11.6 Å². The highest BCUT2D eigenvalue weighted by atomic mass is 35.5. The Bertz CT molecular complexity index is 699. The first-order chi connectivity index (χ1) is 9.54. The number of fused-ring (bicyclic) bond motifs is 2. The van der Waals surface area contributed by atoms with Gasteiger partial charge < -0.3 is 0 Å². The normalized spacial score (nSPS) is 17.1. The van der Waals surface area contributed by atoms with Crippen molar-refractivity contribution in [3.05, 3.63) is 58.9 Å². The number of alkyl halides is 1. The molecule has 1 aliphatic rings. The van der Waals surface area contributed by atoms with E-state index in [1.54, 1.807) is 19.1 Å². The molecule has 0 saturated heterocycles. The highest BCUT2D eigenvalue weighted by molar-refractivity contribution is 7.99. The first-order valence-corrected chi connectivity index (χ1v) is 7.55. The van der Waals surface area contributed by atoms with Crippen LogP contribution in [0.3, 0.4) is 0 Å². The summed E-state index contributed by atoms with van der Waals surface area (Å²) < 4.78 is 13.4. The number of carbonyl (C=O) groups is 1. The van der Waals surface area contributed by atoms with Crippen molar-refractivity contribution >= 4 is 29.1 Å². The standard InChI is InChI=1S/C16H12ClFOS/c1-9(19)10-3-5-15-13(6-10)14(17)7-11-2-4-12(18)8-16(11)20-15/h2-6,8,14H,7H2,1H3. The molecule has 1 aliphatic heterocycles. The Morgan fingerprint density at radius 1 is 1.25 bits per heavy atom. The van der Waals surface area contributed by atoms with Gasteiger partial charge in [-0.1, -0.05) is 23.9 Å². The minimum Gasteiger partial charge on any atom is -0.295 e. The molecule has 0 aromatic heterocycles. The summed E-state index contributed by atoms with van der Waals surface area (Å²) in [4.78, 5) is 13.4. The van der Waals surface area contributed by atoms with Crippen LogP contribution in [0.25, 0.3) is 0 Å². The molecular weight excluding hydrogens is 295 g/mol. The zero-order valence-corrected chi connectivity index (χ0v) is 12.4. The van der Waals surface area contributed by atoms with Crippen LogP contribution in [0.15, 0.2) is 46.2 Å². The van der Waals surface area contributed by atoms with E-state index in [-0.39, 0.29) is 17.0 Å². The summed E-state index contributed by atoms with van der Waals surface area (Å²) in [6, 6.07) is 10.3. The molecule has 0 fully saturated rings. The number of hydrogen-bond acceptors (Lipinski definition) is 2. The molecular formula is C16H12ClFOS. The molecule has 1 nitrogen and oxygen atoms in total. The van der Waals surface area contributed by atoms with Gasteiger partial charge in [0.1, 0.15) is 5.82 Å². The average molecular weight is 307 g/mol. The second-order valence-corrected chi connectivity index (χ2v) is 6.45. The molecule has 0 aliphatic carbocycles. The number of Topliss-reactive ketones (excluding diaryl/α,β-unsaturated/α-hetero) is 1. The predicted octanol–water partition coefficient (Wildman–Crippen LogP) is 5.02. The van der Waals surface area contributed by atoms with E-state index in [2.05, 4.69) is 0 Å².